The van der Waals surface area contributed by atoms with E-state index in [9.17, 15) is 0 Å². The van der Waals surface area contributed by atoms with Gasteiger partial charge in [0, 0.05) is 61.8 Å². The van der Waals surface area contributed by atoms with Gasteiger partial charge in [0.15, 0.2) is 0 Å². The molecule has 0 atom stereocenters. The summed E-state index contributed by atoms with van der Waals surface area (Å²) in [6, 6.07) is 2.43. The minimum atomic E-state index is -0.0470. The molecule has 0 aliphatic carbocycles. The van der Waals surface area contributed by atoms with Crippen LogP contribution < -0.4 is 0 Å². The number of ether oxygens (including phenoxy) is 2. The quantitative estimate of drug-likeness (QED) is 0.748. The molecule has 3 aliphatic heterocycles. The zero-order valence-corrected chi connectivity index (χ0v) is 18.3. The highest BCUT2D eigenvalue weighted by atomic mass is 32.1. The molecule has 29 heavy (non-hydrogen) atoms. The van der Waals surface area contributed by atoms with E-state index in [2.05, 4.69) is 34.4 Å². The first-order valence-corrected chi connectivity index (χ1v) is 12.0. The fourth-order valence-electron chi connectivity index (χ4n) is 5.06. The van der Waals surface area contributed by atoms with Crippen molar-refractivity contribution in [3.8, 4) is 0 Å². The highest BCUT2D eigenvalue weighted by Crippen LogP contribution is 2.44. The van der Waals surface area contributed by atoms with E-state index in [0.29, 0.717) is 5.92 Å². The molecule has 3 aliphatic rings. The van der Waals surface area contributed by atoms with E-state index in [4.69, 9.17) is 9.47 Å². The zero-order valence-electron chi connectivity index (χ0n) is 17.4. The standard InChI is InChI=1S/C22H32N4O2S/c1-2-19-13-20-21(29-19)5-12-28-22(20)6-8-25(9-7-22)15-18-16-26(24-23-18)14-17-3-10-27-11-4-17/h13,16-17H,2-12,14-15H2,1H3. The molecule has 1 spiro atoms. The Morgan fingerprint density at radius 1 is 1.21 bits per heavy atom. The van der Waals surface area contributed by atoms with Crippen molar-refractivity contribution >= 4 is 11.3 Å². The van der Waals surface area contributed by atoms with Crippen molar-refractivity contribution in [3.63, 3.8) is 0 Å². The summed E-state index contributed by atoms with van der Waals surface area (Å²) in [4.78, 5) is 5.58. The van der Waals surface area contributed by atoms with E-state index >= 15 is 0 Å². The third-order valence-electron chi connectivity index (χ3n) is 6.83. The first-order chi connectivity index (χ1) is 14.2. The zero-order chi connectivity index (χ0) is 19.7. The molecule has 0 N–H and O–H groups in total. The fraction of sp³-hybridized carbons (Fsp3) is 0.727. The van der Waals surface area contributed by atoms with Crippen LogP contribution in [-0.4, -0.2) is 52.8 Å². The lowest BCUT2D eigenvalue weighted by atomic mass is 9.82. The molecule has 5 heterocycles. The number of rotatable bonds is 5. The van der Waals surface area contributed by atoms with Gasteiger partial charge >= 0.3 is 0 Å². The summed E-state index contributed by atoms with van der Waals surface area (Å²) in [7, 11) is 0. The van der Waals surface area contributed by atoms with Crippen molar-refractivity contribution in [2.75, 3.05) is 32.9 Å². The van der Waals surface area contributed by atoms with Crippen LogP contribution in [0.1, 0.15) is 53.6 Å². The third-order valence-corrected chi connectivity index (χ3v) is 8.17. The SMILES string of the molecule is CCc1cc2c(s1)CCOC21CCN(Cc2cn(CC3CCOCC3)nn2)CC1. The largest absolute Gasteiger partial charge is 0.381 e. The van der Waals surface area contributed by atoms with E-state index in [1.54, 1.807) is 4.88 Å². The molecule has 0 amide bonds. The van der Waals surface area contributed by atoms with Gasteiger partial charge in [-0.15, -0.1) is 16.4 Å². The number of thiophene rings is 1. The summed E-state index contributed by atoms with van der Waals surface area (Å²) in [5.41, 5.74) is 2.53. The van der Waals surface area contributed by atoms with E-state index in [1.807, 2.05) is 16.0 Å². The molecule has 0 radical (unpaired) electrons. The van der Waals surface area contributed by atoms with Gasteiger partial charge in [0.05, 0.1) is 17.9 Å². The lowest BCUT2D eigenvalue weighted by molar-refractivity contribution is -0.0982. The van der Waals surface area contributed by atoms with Crippen LogP contribution in [0.5, 0.6) is 0 Å². The molecule has 2 fully saturated rings. The fourth-order valence-corrected chi connectivity index (χ4v) is 6.23. The van der Waals surface area contributed by atoms with Gasteiger partial charge in [-0.2, -0.15) is 0 Å². The van der Waals surface area contributed by atoms with Crippen LogP contribution in [0.3, 0.4) is 0 Å². The molecule has 0 bridgehead atoms. The third kappa shape index (κ3) is 4.15. The maximum Gasteiger partial charge on any atom is 0.0967 e. The molecular formula is C22H32N4O2S. The van der Waals surface area contributed by atoms with Gasteiger partial charge in [-0.05, 0) is 49.7 Å². The number of nitrogens with zero attached hydrogens (tertiary/aromatic N) is 4. The second kappa shape index (κ2) is 8.46. The summed E-state index contributed by atoms with van der Waals surface area (Å²) < 4.78 is 13.9. The second-order valence-electron chi connectivity index (χ2n) is 8.76. The predicted octanol–water partition coefficient (Wildman–Crippen LogP) is 3.39. The van der Waals surface area contributed by atoms with Gasteiger partial charge in [0.2, 0.25) is 0 Å². The molecule has 5 rings (SSSR count). The van der Waals surface area contributed by atoms with E-state index in [1.165, 1.54) is 10.4 Å². The summed E-state index contributed by atoms with van der Waals surface area (Å²) in [6.07, 6.45) is 8.78. The highest BCUT2D eigenvalue weighted by molar-refractivity contribution is 7.12. The number of aromatic nitrogens is 3. The first kappa shape index (κ1) is 19.7. The smallest absolute Gasteiger partial charge is 0.0967 e. The predicted molar refractivity (Wildman–Crippen MR) is 113 cm³/mol. The first-order valence-electron chi connectivity index (χ1n) is 11.2. The summed E-state index contributed by atoms with van der Waals surface area (Å²) in [5, 5.41) is 8.82. The maximum atomic E-state index is 6.42. The van der Waals surface area contributed by atoms with Crippen molar-refractivity contribution in [1.82, 2.24) is 19.9 Å². The average molecular weight is 417 g/mol. The van der Waals surface area contributed by atoms with Crippen LogP contribution in [0.25, 0.3) is 0 Å². The minimum Gasteiger partial charge on any atom is -0.381 e. The summed E-state index contributed by atoms with van der Waals surface area (Å²) in [6.45, 7) is 8.87. The number of hydrogen-bond acceptors (Lipinski definition) is 6. The Labute approximate surface area is 177 Å². The summed E-state index contributed by atoms with van der Waals surface area (Å²) >= 11 is 2.00. The van der Waals surface area contributed by atoms with Crippen molar-refractivity contribution in [2.24, 2.45) is 5.92 Å². The minimum absolute atomic E-state index is 0.0470. The van der Waals surface area contributed by atoms with Gasteiger partial charge in [0.1, 0.15) is 0 Å². The van der Waals surface area contributed by atoms with Crippen molar-refractivity contribution in [3.05, 3.63) is 33.3 Å². The number of likely N-dealkylation sites (tertiary alicyclic amines) is 1. The van der Waals surface area contributed by atoms with Gasteiger partial charge in [0.25, 0.3) is 0 Å². The molecule has 2 aromatic rings. The second-order valence-corrected chi connectivity index (χ2v) is 9.98. The maximum absolute atomic E-state index is 6.42. The van der Waals surface area contributed by atoms with E-state index < -0.39 is 0 Å². The molecule has 2 aromatic heterocycles. The number of piperidine rings is 1. The number of hydrogen-bond donors (Lipinski definition) is 0. The topological polar surface area (TPSA) is 52.4 Å². The van der Waals surface area contributed by atoms with Crippen molar-refractivity contribution in [2.45, 2.75) is 64.1 Å². The molecule has 7 heteroatoms. The van der Waals surface area contributed by atoms with E-state index in [-0.39, 0.29) is 5.60 Å². The van der Waals surface area contributed by atoms with Crippen LogP contribution in [0.15, 0.2) is 12.3 Å². The Kier molecular flexibility index (Phi) is 5.74. The van der Waals surface area contributed by atoms with Gasteiger partial charge < -0.3 is 9.47 Å². The van der Waals surface area contributed by atoms with Crippen LogP contribution in [0, 0.1) is 5.92 Å². The Morgan fingerprint density at radius 3 is 2.83 bits per heavy atom. The molecule has 0 aromatic carbocycles. The summed E-state index contributed by atoms with van der Waals surface area (Å²) in [5.74, 6) is 0.671. The molecule has 6 nitrogen and oxygen atoms in total. The highest BCUT2D eigenvalue weighted by Gasteiger charge is 2.41. The van der Waals surface area contributed by atoms with Crippen molar-refractivity contribution < 1.29 is 9.47 Å². The Hall–Kier alpha value is -1.28. The Morgan fingerprint density at radius 2 is 2.03 bits per heavy atom. The van der Waals surface area contributed by atoms with Gasteiger partial charge in [-0.3, -0.25) is 9.58 Å². The van der Waals surface area contributed by atoms with Gasteiger partial charge in [-0.25, -0.2) is 0 Å². The van der Waals surface area contributed by atoms with E-state index in [0.717, 1.165) is 90.2 Å². The van der Waals surface area contributed by atoms with Crippen LogP contribution in [0.4, 0.5) is 0 Å². The van der Waals surface area contributed by atoms with Gasteiger partial charge in [-0.1, -0.05) is 12.1 Å². The molecular weight excluding hydrogens is 384 g/mol. The van der Waals surface area contributed by atoms with Crippen molar-refractivity contribution in [1.29, 1.82) is 0 Å². The Balaban J connectivity index is 1.18. The van der Waals surface area contributed by atoms with Crippen LogP contribution >= 0.6 is 11.3 Å². The van der Waals surface area contributed by atoms with Crippen LogP contribution in [-0.2, 0) is 41.0 Å². The molecule has 2 saturated heterocycles. The number of aryl methyl sites for hydroxylation is 1. The number of fused-ring (bicyclic) bond motifs is 2. The Bertz CT molecular complexity index is 819. The molecule has 0 saturated carbocycles. The lowest BCUT2D eigenvalue weighted by Gasteiger charge is -2.44. The monoisotopic (exact) mass is 416 g/mol. The van der Waals surface area contributed by atoms with Crippen LogP contribution in [0.2, 0.25) is 0 Å². The molecule has 158 valence electrons. The normalized spacial score (nSPS) is 22.8. The average Bonchev–Trinajstić information content (AvgIpc) is 3.38. The lowest BCUT2D eigenvalue weighted by Crippen LogP contribution is -2.45. The molecule has 0 unspecified atom stereocenters.